The van der Waals surface area contributed by atoms with Crippen LogP contribution in [0.1, 0.15) is 25.0 Å². The number of hydrogen-bond donors (Lipinski definition) is 1. The molecule has 1 N–H and O–H groups in total. The van der Waals surface area contributed by atoms with E-state index < -0.39 is 11.2 Å². The molecule has 5 heteroatoms. The van der Waals surface area contributed by atoms with Gasteiger partial charge in [-0.05, 0) is 51.1 Å². The van der Waals surface area contributed by atoms with Crippen LogP contribution in [-0.4, -0.2) is 11.4 Å². The summed E-state index contributed by atoms with van der Waals surface area (Å²) in [7, 11) is 0. The summed E-state index contributed by atoms with van der Waals surface area (Å²) >= 11 is 0. The largest absolute Gasteiger partial charge is 0.479 e. The van der Waals surface area contributed by atoms with E-state index in [-0.39, 0.29) is 5.78 Å². The minimum absolute atomic E-state index is 0.146. The third kappa shape index (κ3) is 3.12. The molecule has 0 saturated heterocycles. The Morgan fingerprint density at radius 1 is 1.00 bits per heavy atom. The van der Waals surface area contributed by atoms with Gasteiger partial charge in [-0.15, -0.1) is 0 Å². The van der Waals surface area contributed by atoms with Crippen molar-refractivity contribution in [2.75, 3.05) is 5.32 Å². The summed E-state index contributed by atoms with van der Waals surface area (Å²) in [6.07, 6.45) is 1.68. The molecule has 0 bridgehead atoms. The van der Waals surface area contributed by atoms with E-state index in [0.29, 0.717) is 22.5 Å². The zero-order chi connectivity index (χ0) is 19.2. The molecule has 0 atom stereocenters. The Hall–Kier alpha value is -3.34. The van der Waals surface area contributed by atoms with Crippen LogP contribution < -0.4 is 15.7 Å². The van der Waals surface area contributed by atoms with Gasteiger partial charge in [0.25, 0.3) is 0 Å². The molecule has 0 unspecified atom stereocenters. The highest BCUT2D eigenvalue weighted by atomic mass is 16.5. The smallest absolute Gasteiger partial charge is 0.336 e. The molecular weight excluding hydrogens is 342 g/mol. The fourth-order valence-corrected chi connectivity index (χ4v) is 3.11. The van der Waals surface area contributed by atoms with Crippen molar-refractivity contribution in [1.29, 1.82) is 0 Å². The Balaban J connectivity index is 1.84. The lowest BCUT2D eigenvalue weighted by Gasteiger charge is -2.32. The molecule has 0 radical (unpaired) electrons. The van der Waals surface area contributed by atoms with Crippen molar-refractivity contribution in [3.8, 4) is 5.75 Å². The number of aryl methyl sites for hydroxylation is 1. The number of hydrogen-bond acceptors (Lipinski definition) is 5. The summed E-state index contributed by atoms with van der Waals surface area (Å²) in [6, 6.07) is 14.4. The number of ketones is 1. The van der Waals surface area contributed by atoms with Crippen molar-refractivity contribution in [3.63, 3.8) is 0 Å². The van der Waals surface area contributed by atoms with Gasteiger partial charge in [-0.1, -0.05) is 17.7 Å². The molecule has 1 aromatic heterocycles. The van der Waals surface area contributed by atoms with Crippen LogP contribution in [0.4, 0.5) is 5.69 Å². The number of benzene rings is 2. The first-order valence-corrected chi connectivity index (χ1v) is 8.69. The summed E-state index contributed by atoms with van der Waals surface area (Å²) in [5.41, 5.74) is 2.10. The number of anilines is 1. The predicted octanol–water partition coefficient (Wildman–Crippen LogP) is 4.29. The molecule has 1 aliphatic rings. The first-order chi connectivity index (χ1) is 12.8. The lowest BCUT2D eigenvalue weighted by Crippen LogP contribution is -2.42. The number of carbonyl (C=O) groups is 1. The van der Waals surface area contributed by atoms with E-state index in [1.54, 1.807) is 38.2 Å². The number of fused-ring (bicyclic) bond motifs is 2. The van der Waals surface area contributed by atoms with Crippen LogP contribution in [0, 0.1) is 6.92 Å². The lowest BCUT2D eigenvalue weighted by atomic mass is 9.88. The number of Topliss-reactive ketones (excluding diaryl/α,β-unsaturated/α-hetero) is 1. The Labute approximate surface area is 156 Å². The monoisotopic (exact) mass is 361 g/mol. The zero-order valence-corrected chi connectivity index (χ0v) is 15.3. The second-order valence-electron chi connectivity index (χ2n) is 7.15. The Morgan fingerprint density at radius 2 is 1.74 bits per heavy atom. The van der Waals surface area contributed by atoms with Crippen molar-refractivity contribution < 1.29 is 13.9 Å². The highest BCUT2D eigenvalue weighted by Crippen LogP contribution is 2.40. The van der Waals surface area contributed by atoms with E-state index >= 15 is 0 Å². The highest BCUT2D eigenvalue weighted by molar-refractivity contribution is 6.26. The molecular formula is C22H19NO4. The minimum Gasteiger partial charge on any atom is -0.479 e. The molecule has 1 aliphatic heterocycles. The predicted molar refractivity (Wildman–Crippen MR) is 105 cm³/mol. The van der Waals surface area contributed by atoms with Crippen LogP contribution in [0.25, 0.3) is 16.5 Å². The third-order valence-corrected chi connectivity index (χ3v) is 4.60. The minimum atomic E-state index is -0.989. The van der Waals surface area contributed by atoms with Gasteiger partial charge >= 0.3 is 5.63 Å². The van der Waals surface area contributed by atoms with Crippen molar-refractivity contribution in [3.05, 3.63) is 76.3 Å². The van der Waals surface area contributed by atoms with Gasteiger partial charge in [0.2, 0.25) is 5.78 Å². The van der Waals surface area contributed by atoms with Crippen molar-refractivity contribution in [1.82, 2.24) is 0 Å². The number of rotatable bonds is 2. The van der Waals surface area contributed by atoms with E-state index in [1.165, 1.54) is 6.07 Å². The van der Waals surface area contributed by atoms with Gasteiger partial charge in [0.1, 0.15) is 11.3 Å². The molecule has 0 aliphatic carbocycles. The third-order valence-electron chi connectivity index (χ3n) is 4.60. The van der Waals surface area contributed by atoms with Crippen molar-refractivity contribution in [2.45, 2.75) is 26.4 Å². The van der Waals surface area contributed by atoms with Crippen molar-refractivity contribution >= 4 is 28.0 Å². The summed E-state index contributed by atoms with van der Waals surface area (Å²) in [5.74, 6) is 0.435. The van der Waals surface area contributed by atoms with Crippen LogP contribution in [-0.2, 0) is 4.79 Å². The highest BCUT2D eigenvalue weighted by Gasteiger charge is 2.39. The molecule has 2 aromatic carbocycles. The molecule has 0 fully saturated rings. The van der Waals surface area contributed by atoms with Gasteiger partial charge in [-0.25, -0.2) is 4.79 Å². The van der Waals surface area contributed by atoms with Gasteiger partial charge in [0.15, 0.2) is 5.60 Å². The van der Waals surface area contributed by atoms with Crippen LogP contribution in [0.2, 0.25) is 0 Å². The van der Waals surface area contributed by atoms with Crippen LogP contribution >= 0.6 is 0 Å². The molecule has 27 heavy (non-hydrogen) atoms. The SMILES string of the molecule is Cc1ccc(N/C=C2\C(=O)C(C)(C)Oc3cc4ccc(=O)oc4cc32)cc1. The fraction of sp³-hybridized carbons (Fsp3) is 0.182. The maximum Gasteiger partial charge on any atom is 0.336 e. The lowest BCUT2D eigenvalue weighted by molar-refractivity contribution is -0.126. The molecule has 0 spiro atoms. The zero-order valence-electron chi connectivity index (χ0n) is 15.3. The molecule has 3 aromatic rings. The topological polar surface area (TPSA) is 68.5 Å². The number of carbonyl (C=O) groups excluding carboxylic acids is 1. The maximum atomic E-state index is 13.0. The quantitative estimate of drug-likeness (QED) is 0.545. The van der Waals surface area contributed by atoms with Crippen LogP contribution in [0.5, 0.6) is 5.75 Å². The van der Waals surface area contributed by atoms with Gasteiger partial charge in [-0.3, -0.25) is 4.79 Å². The van der Waals surface area contributed by atoms with Gasteiger partial charge in [-0.2, -0.15) is 0 Å². The van der Waals surface area contributed by atoms with Crippen LogP contribution in [0.15, 0.2) is 63.9 Å². The standard InChI is InChI=1S/C22H19NO4/c1-13-4-7-15(8-5-13)23-12-17-16-11-18-14(6-9-20(24)26-18)10-19(16)27-22(2,3)21(17)25/h4-12,23H,1-3H3/b17-12-. The van der Waals surface area contributed by atoms with E-state index in [4.69, 9.17) is 9.15 Å². The van der Waals surface area contributed by atoms with Crippen molar-refractivity contribution in [2.24, 2.45) is 0 Å². The van der Waals surface area contributed by atoms with Gasteiger partial charge in [0, 0.05) is 34.5 Å². The molecule has 0 saturated carbocycles. The normalized spacial score (nSPS) is 16.9. The summed E-state index contributed by atoms with van der Waals surface area (Å²) in [6.45, 7) is 5.50. The molecule has 5 nitrogen and oxygen atoms in total. The van der Waals surface area contributed by atoms with Gasteiger partial charge in [0.05, 0.1) is 0 Å². The van der Waals surface area contributed by atoms with E-state index in [2.05, 4.69) is 5.32 Å². The Kier molecular flexibility index (Phi) is 3.88. The summed E-state index contributed by atoms with van der Waals surface area (Å²) in [5, 5.41) is 3.92. The second-order valence-corrected chi connectivity index (χ2v) is 7.15. The molecule has 2 heterocycles. The summed E-state index contributed by atoms with van der Waals surface area (Å²) in [4.78, 5) is 24.5. The fourth-order valence-electron chi connectivity index (χ4n) is 3.11. The molecule has 136 valence electrons. The summed E-state index contributed by atoms with van der Waals surface area (Å²) < 4.78 is 11.2. The maximum absolute atomic E-state index is 13.0. The van der Waals surface area contributed by atoms with Crippen LogP contribution in [0.3, 0.4) is 0 Å². The molecule has 4 rings (SSSR count). The van der Waals surface area contributed by atoms with E-state index in [9.17, 15) is 9.59 Å². The average Bonchev–Trinajstić information content (AvgIpc) is 2.62. The first-order valence-electron chi connectivity index (χ1n) is 8.69. The van der Waals surface area contributed by atoms with E-state index in [1.807, 2.05) is 31.2 Å². The number of ether oxygens (including phenoxy) is 1. The number of nitrogens with one attached hydrogen (secondary N) is 1. The Morgan fingerprint density at radius 3 is 2.48 bits per heavy atom. The Bertz CT molecular complexity index is 1140. The molecule has 0 amide bonds. The first kappa shape index (κ1) is 17.1. The second kappa shape index (κ2) is 6.13. The van der Waals surface area contributed by atoms with Gasteiger partial charge < -0.3 is 14.5 Å². The van der Waals surface area contributed by atoms with E-state index in [0.717, 1.165) is 16.6 Å². The average molecular weight is 361 g/mol.